The van der Waals surface area contributed by atoms with Crippen LogP contribution in [0, 0.1) is 10.1 Å². The largest absolute Gasteiger partial charge is 0.480 e. The molecule has 96 valence electrons. The number of hydrogen-bond donors (Lipinski definition) is 1. The van der Waals surface area contributed by atoms with Crippen molar-refractivity contribution >= 4 is 29.1 Å². The number of carboxylic acid groups (broad SMARTS) is 1. The molecule has 8 nitrogen and oxygen atoms in total. The van der Waals surface area contributed by atoms with Crippen LogP contribution in [0.1, 0.15) is 12.8 Å². The summed E-state index contributed by atoms with van der Waals surface area (Å²) in [7, 11) is 0. The fraction of sp³-hybridized carbons (Fsp3) is 0.444. The van der Waals surface area contributed by atoms with Gasteiger partial charge < -0.3 is 10.0 Å². The molecule has 2 rings (SSSR count). The Balaban J connectivity index is 2.46. The first-order valence-electron chi connectivity index (χ1n) is 5.17. The number of nitrogens with zero attached hydrogens (tertiary/aromatic N) is 4. The van der Waals surface area contributed by atoms with Gasteiger partial charge in [0, 0.05) is 6.54 Å². The van der Waals surface area contributed by atoms with E-state index in [0.717, 1.165) is 6.20 Å². The lowest BCUT2D eigenvalue weighted by Crippen LogP contribution is -2.36. The van der Waals surface area contributed by atoms with Crippen molar-refractivity contribution in [3.8, 4) is 0 Å². The fourth-order valence-corrected chi connectivity index (χ4v) is 2.09. The van der Waals surface area contributed by atoms with Crippen LogP contribution in [-0.4, -0.2) is 38.6 Å². The average Bonchev–Trinajstić information content (AvgIpc) is 2.77. The van der Waals surface area contributed by atoms with Crippen LogP contribution in [0.5, 0.6) is 0 Å². The third-order valence-corrected chi connectivity index (χ3v) is 2.91. The number of hydrogen-bond acceptors (Lipinski definition) is 6. The SMILES string of the molecule is O=C(O)C1CCCN1c1nc(Cl)ncc1[N+](=O)[O-]. The molecule has 2 heterocycles. The van der Waals surface area contributed by atoms with Crippen molar-refractivity contribution in [3.05, 3.63) is 21.6 Å². The van der Waals surface area contributed by atoms with Crippen LogP contribution in [0.4, 0.5) is 11.5 Å². The highest BCUT2D eigenvalue weighted by molar-refractivity contribution is 6.28. The molecule has 1 aromatic rings. The summed E-state index contributed by atoms with van der Waals surface area (Å²) in [6, 6.07) is -0.810. The van der Waals surface area contributed by atoms with Crippen molar-refractivity contribution < 1.29 is 14.8 Å². The second-order valence-corrected chi connectivity index (χ2v) is 4.13. The van der Waals surface area contributed by atoms with E-state index in [-0.39, 0.29) is 16.8 Å². The zero-order chi connectivity index (χ0) is 13.3. The summed E-state index contributed by atoms with van der Waals surface area (Å²) in [5, 5.41) is 19.8. The van der Waals surface area contributed by atoms with Gasteiger partial charge in [0.1, 0.15) is 12.2 Å². The Morgan fingerprint density at radius 1 is 1.67 bits per heavy atom. The third-order valence-electron chi connectivity index (χ3n) is 2.73. The van der Waals surface area contributed by atoms with Gasteiger partial charge in [0.05, 0.1) is 4.92 Å². The Bertz CT molecular complexity index is 509. The normalized spacial score (nSPS) is 18.9. The second kappa shape index (κ2) is 4.73. The van der Waals surface area contributed by atoms with Crippen LogP contribution in [0.25, 0.3) is 0 Å². The monoisotopic (exact) mass is 272 g/mol. The molecule has 1 saturated heterocycles. The molecular weight excluding hydrogens is 264 g/mol. The van der Waals surface area contributed by atoms with E-state index in [1.165, 1.54) is 4.90 Å². The predicted molar refractivity (Wildman–Crippen MR) is 61.7 cm³/mol. The van der Waals surface area contributed by atoms with E-state index in [1.54, 1.807) is 0 Å². The van der Waals surface area contributed by atoms with Gasteiger partial charge in [0.15, 0.2) is 0 Å². The van der Waals surface area contributed by atoms with Gasteiger partial charge in [-0.25, -0.2) is 9.78 Å². The standard InChI is InChI=1S/C9H9ClN4O4/c10-9-11-4-6(14(17)18)7(12-9)13-3-1-2-5(13)8(15)16/h4-5H,1-3H2,(H,15,16). The van der Waals surface area contributed by atoms with E-state index in [2.05, 4.69) is 9.97 Å². The van der Waals surface area contributed by atoms with Crippen molar-refractivity contribution in [2.24, 2.45) is 0 Å². The number of anilines is 1. The lowest BCUT2D eigenvalue weighted by Gasteiger charge is -2.21. The van der Waals surface area contributed by atoms with Gasteiger partial charge in [0.25, 0.3) is 0 Å². The lowest BCUT2D eigenvalue weighted by molar-refractivity contribution is -0.384. The van der Waals surface area contributed by atoms with Crippen LogP contribution in [0.2, 0.25) is 5.28 Å². The van der Waals surface area contributed by atoms with Gasteiger partial charge in [-0.1, -0.05) is 0 Å². The molecule has 1 atom stereocenters. The minimum atomic E-state index is -1.03. The first-order valence-corrected chi connectivity index (χ1v) is 5.55. The van der Waals surface area contributed by atoms with Gasteiger partial charge >= 0.3 is 11.7 Å². The molecule has 0 amide bonds. The van der Waals surface area contributed by atoms with Crippen LogP contribution in [0.3, 0.4) is 0 Å². The molecule has 1 aliphatic heterocycles. The zero-order valence-corrected chi connectivity index (χ0v) is 9.87. The van der Waals surface area contributed by atoms with Crippen LogP contribution < -0.4 is 4.90 Å². The summed E-state index contributed by atoms with van der Waals surface area (Å²) in [5.74, 6) is -1.07. The van der Waals surface area contributed by atoms with Crippen molar-refractivity contribution in [3.63, 3.8) is 0 Å². The van der Waals surface area contributed by atoms with Crippen LogP contribution in [0.15, 0.2) is 6.20 Å². The van der Waals surface area contributed by atoms with E-state index in [0.29, 0.717) is 19.4 Å². The summed E-state index contributed by atoms with van der Waals surface area (Å²) in [6.07, 6.45) is 2.05. The van der Waals surface area contributed by atoms with Gasteiger partial charge in [-0.2, -0.15) is 4.98 Å². The van der Waals surface area contributed by atoms with E-state index in [4.69, 9.17) is 16.7 Å². The predicted octanol–water partition coefficient (Wildman–Crippen LogP) is 1.09. The molecule has 1 N–H and O–H groups in total. The molecule has 1 unspecified atom stereocenters. The van der Waals surface area contributed by atoms with E-state index in [1.807, 2.05) is 0 Å². The maximum Gasteiger partial charge on any atom is 0.329 e. The minimum absolute atomic E-state index is 0.0371. The van der Waals surface area contributed by atoms with E-state index >= 15 is 0 Å². The molecule has 18 heavy (non-hydrogen) atoms. The van der Waals surface area contributed by atoms with E-state index < -0.39 is 16.9 Å². The molecule has 1 fully saturated rings. The molecule has 1 aromatic heterocycles. The van der Waals surface area contributed by atoms with Crippen molar-refractivity contribution in [2.75, 3.05) is 11.4 Å². The van der Waals surface area contributed by atoms with Gasteiger partial charge in [0.2, 0.25) is 11.1 Å². The molecule has 0 aromatic carbocycles. The van der Waals surface area contributed by atoms with Gasteiger partial charge in [-0.15, -0.1) is 0 Å². The molecular formula is C9H9ClN4O4. The minimum Gasteiger partial charge on any atom is -0.480 e. The third kappa shape index (κ3) is 2.19. The average molecular weight is 273 g/mol. The Labute approximate surface area is 106 Å². The number of halogens is 1. The Morgan fingerprint density at radius 3 is 3.00 bits per heavy atom. The molecule has 0 spiro atoms. The van der Waals surface area contributed by atoms with Gasteiger partial charge in [-0.3, -0.25) is 10.1 Å². The summed E-state index contributed by atoms with van der Waals surface area (Å²) in [4.78, 5) is 30.0. The summed E-state index contributed by atoms with van der Waals surface area (Å²) in [6.45, 7) is 0.394. The number of aliphatic carboxylic acids is 1. The van der Waals surface area contributed by atoms with Crippen LogP contribution >= 0.6 is 11.6 Å². The molecule has 1 aliphatic rings. The van der Waals surface area contributed by atoms with E-state index in [9.17, 15) is 14.9 Å². The Morgan fingerprint density at radius 2 is 2.39 bits per heavy atom. The number of aromatic nitrogens is 2. The summed E-state index contributed by atoms with van der Waals surface area (Å²) < 4.78 is 0. The molecule has 0 saturated carbocycles. The Hall–Kier alpha value is -1.96. The molecule has 9 heteroatoms. The highest BCUT2D eigenvalue weighted by Gasteiger charge is 2.35. The van der Waals surface area contributed by atoms with Crippen molar-refractivity contribution in [1.82, 2.24) is 9.97 Å². The van der Waals surface area contributed by atoms with Crippen molar-refractivity contribution in [2.45, 2.75) is 18.9 Å². The number of carboxylic acids is 1. The molecule has 0 radical (unpaired) electrons. The smallest absolute Gasteiger partial charge is 0.329 e. The zero-order valence-electron chi connectivity index (χ0n) is 9.11. The quantitative estimate of drug-likeness (QED) is 0.498. The first-order chi connectivity index (χ1) is 8.50. The second-order valence-electron chi connectivity index (χ2n) is 3.79. The summed E-state index contributed by atoms with van der Waals surface area (Å²) in [5.41, 5.74) is -0.340. The maximum atomic E-state index is 11.1. The molecule has 0 bridgehead atoms. The molecule has 0 aliphatic carbocycles. The number of carbonyl (C=O) groups is 1. The van der Waals surface area contributed by atoms with Gasteiger partial charge in [-0.05, 0) is 24.4 Å². The highest BCUT2D eigenvalue weighted by Crippen LogP contribution is 2.31. The Kier molecular flexibility index (Phi) is 3.28. The summed E-state index contributed by atoms with van der Waals surface area (Å²) >= 11 is 5.61. The fourth-order valence-electron chi connectivity index (χ4n) is 1.96. The van der Waals surface area contributed by atoms with Crippen molar-refractivity contribution in [1.29, 1.82) is 0 Å². The first kappa shape index (κ1) is 12.5. The number of nitro groups is 1. The topological polar surface area (TPSA) is 109 Å². The maximum absolute atomic E-state index is 11.1. The van der Waals surface area contributed by atoms with Crippen LogP contribution in [-0.2, 0) is 4.79 Å². The number of rotatable bonds is 3. The lowest BCUT2D eigenvalue weighted by atomic mass is 10.2. The highest BCUT2D eigenvalue weighted by atomic mass is 35.5.